The summed E-state index contributed by atoms with van der Waals surface area (Å²) in [5.41, 5.74) is 0. The van der Waals surface area contributed by atoms with Crippen LogP contribution in [-0.4, -0.2) is 15.6 Å². The molecule has 0 atom stereocenters. The van der Waals surface area contributed by atoms with Crippen LogP contribution in [0.1, 0.15) is 5.82 Å². The Labute approximate surface area is 77.7 Å². The largest absolute Gasteiger partial charge is 0.281 e. The lowest BCUT2D eigenvalue weighted by atomic mass is 10.7. The van der Waals surface area contributed by atoms with Gasteiger partial charge >= 0.3 is 0 Å². The SMILES string of the molecule is CSc1nc(C#N)n2ccsc12. The summed E-state index contributed by atoms with van der Waals surface area (Å²) in [6.07, 6.45) is 3.83. The molecule has 0 aromatic carbocycles. The van der Waals surface area contributed by atoms with Gasteiger partial charge in [-0.1, -0.05) is 0 Å². The first-order valence-electron chi connectivity index (χ1n) is 3.26. The third-order valence-corrected chi connectivity index (χ3v) is 3.19. The highest BCUT2D eigenvalue weighted by Gasteiger charge is 2.09. The van der Waals surface area contributed by atoms with E-state index in [0.717, 1.165) is 9.86 Å². The Kier molecular flexibility index (Phi) is 1.79. The van der Waals surface area contributed by atoms with Crippen LogP contribution >= 0.6 is 23.1 Å². The van der Waals surface area contributed by atoms with Crippen molar-refractivity contribution in [3.63, 3.8) is 0 Å². The van der Waals surface area contributed by atoms with E-state index in [-0.39, 0.29) is 0 Å². The second-order valence-corrected chi connectivity index (χ2v) is 3.82. The summed E-state index contributed by atoms with van der Waals surface area (Å²) < 4.78 is 1.82. The molecule has 0 spiro atoms. The van der Waals surface area contributed by atoms with Crippen LogP contribution < -0.4 is 0 Å². The highest BCUT2D eigenvalue weighted by molar-refractivity contribution is 7.98. The van der Waals surface area contributed by atoms with Gasteiger partial charge in [0.05, 0.1) is 0 Å². The third-order valence-electron chi connectivity index (χ3n) is 1.52. The molecule has 0 aliphatic heterocycles. The molecular formula is C7H5N3S2. The van der Waals surface area contributed by atoms with Crippen molar-refractivity contribution in [3.05, 3.63) is 17.4 Å². The zero-order valence-corrected chi connectivity index (χ0v) is 7.95. The quantitative estimate of drug-likeness (QED) is 0.653. The van der Waals surface area contributed by atoms with Crippen LogP contribution in [0.4, 0.5) is 0 Å². The van der Waals surface area contributed by atoms with Crippen molar-refractivity contribution in [2.24, 2.45) is 0 Å². The van der Waals surface area contributed by atoms with Crippen LogP contribution in [0.25, 0.3) is 4.83 Å². The summed E-state index contributed by atoms with van der Waals surface area (Å²) >= 11 is 3.17. The number of thioether (sulfide) groups is 1. The van der Waals surface area contributed by atoms with E-state index in [0.29, 0.717) is 5.82 Å². The van der Waals surface area contributed by atoms with Gasteiger partial charge in [-0.15, -0.1) is 23.1 Å². The molecule has 0 saturated carbocycles. The minimum atomic E-state index is 0.468. The average molecular weight is 195 g/mol. The molecule has 5 heteroatoms. The van der Waals surface area contributed by atoms with E-state index < -0.39 is 0 Å². The van der Waals surface area contributed by atoms with Crippen molar-refractivity contribution in [2.75, 3.05) is 6.26 Å². The number of hydrogen-bond donors (Lipinski definition) is 0. The van der Waals surface area contributed by atoms with Crippen molar-refractivity contribution in [3.8, 4) is 6.07 Å². The van der Waals surface area contributed by atoms with E-state index in [9.17, 15) is 0 Å². The fraction of sp³-hybridized carbons (Fsp3) is 0.143. The summed E-state index contributed by atoms with van der Waals surface area (Å²) in [4.78, 5) is 5.22. The molecule has 3 nitrogen and oxygen atoms in total. The molecule has 0 amide bonds. The average Bonchev–Trinajstić information content (AvgIpc) is 2.63. The number of hydrogen-bond acceptors (Lipinski definition) is 4. The Hall–Kier alpha value is -0.990. The number of thiazole rings is 1. The van der Waals surface area contributed by atoms with E-state index >= 15 is 0 Å². The molecule has 2 aromatic heterocycles. The van der Waals surface area contributed by atoms with Gasteiger partial charge < -0.3 is 0 Å². The van der Waals surface area contributed by atoms with Gasteiger partial charge in [-0.3, -0.25) is 4.40 Å². The molecule has 0 N–H and O–H groups in total. The van der Waals surface area contributed by atoms with Gasteiger partial charge in [0.2, 0.25) is 5.82 Å². The highest BCUT2D eigenvalue weighted by atomic mass is 32.2. The molecule has 0 aliphatic carbocycles. The second kappa shape index (κ2) is 2.81. The van der Waals surface area contributed by atoms with E-state index in [1.54, 1.807) is 23.1 Å². The Bertz CT molecular complexity index is 449. The Morgan fingerprint density at radius 3 is 3.25 bits per heavy atom. The third kappa shape index (κ3) is 0.924. The molecule has 60 valence electrons. The predicted molar refractivity (Wildman–Crippen MR) is 49.6 cm³/mol. The summed E-state index contributed by atoms with van der Waals surface area (Å²) in [5.74, 6) is 0.468. The van der Waals surface area contributed by atoms with Crippen molar-refractivity contribution in [1.82, 2.24) is 9.38 Å². The number of nitrogens with zero attached hydrogens (tertiary/aromatic N) is 3. The number of fused-ring (bicyclic) bond motifs is 1. The molecule has 12 heavy (non-hydrogen) atoms. The molecule has 0 bridgehead atoms. The van der Waals surface area contributed by atoms with Gasteiger partial charge in [0, 0.05) is 11.6 Å². The smallest absolute Gasteiger partial charge is 0.219 e. The summed E-state index contributed by atoms with van der Waals surface area (Å²) in [5, 5.41) is 11.6. The van der Waals surface area contributed by atoms with Gasteiger partial charge in [-0.05, 0) is 6.26 Å². The Balaban J connectivity index is 2.81. The zero-order chi connectivity index (χ0) is 8.55. The summed E-state index contributed by atoms with van der Waals surface area (Å²) in [7, 11) is 0. The topological polar surface area (TPSA) is 41.1 Å². The molecule has 0 aliphatic rings. The van der Waals surface area contributed by atoms with E-state index in [1.165, 1.54) is 0 Å². The van der Waals surface area contributed by atoms with Crippen LogP contribution in [0, 0.1) is 11.3 Å². The number of nitriles is 1. The molecule has 0 saturated heterocycles. The van der Waals surface area contributed by atoms with E-state index in [4.69, 9.17) is 5.26 Å². The lowest BCUT2D eigenvalue weighted by molar-refractivity contribution is 1.10. The fourth-order valence-electron chi connectivity index (χ4n) is 1.01. The molecular weight excluding hydrogens is 190 g/mol. The van der Waals surface area contributed by atoms with E-state index in [2.05, 4.69) is 11.1 Å². The maximum absolute atomic E-state index is 8.72. The summed E-state index contributed by atoms with van der Waals surface area (Å²) in [6.45, 7) is 0. The van der Waals surface area contributed by atoms with Gasteiger partial charge in [0.25, 0.3) is 0 Å². The molecule has 0 fully saturated rings. The van der Waals surface area contributed by atoms with Crippen LogP contribution in [-0.2, 0) is 0 Å². The standard InChI is InChI=1S/C7H5N3S2/c1-11-6-7-10(2-3-12-7)5(4-8)9-6/h2-3H,1H3. The van der Waals surface area contributed by atoms with Crippen molar-refractivity contribution in [2.45, 2.75) is 5.03 Å². The summed E-state index contributed by atoms with van der Waals surface area (Å²) in [6, 6.07) is 2.06. The monoisotopic (exact) mass is 195 g/mol. The minimum Gasteiger partial charge on any atom is -0.281 e. The fourth-order valence-corrected chi connectivity index (χ4v) is 2.57. The maximum atomic E-state index is 8.72. The first-order valence-corrected chi connectivity index (χ1v) is 5.37. The maximum Gasteiger partial charge on any atom is 0.219 e. The van der Waals surface area contributed by atoms with Crippen LogP contribution in [0.15, 0.2) is 16.6 Å². The lowest BCUT2D eigenvalue weighted by Gasteiger charge is -1.82. The zero-order valence-electron chi connectivity index (χ0n) is 6.31. The minimum absolute atomic E-state index is 0.468. The normalized spacial score (nSPS) is 10.3. The van der Waals surface area contributed by atoms with Gasteiger partial charge in [-0.2, -0.15) is 5.26 Å². The first kappa shape index (κ1) is 7.65. The van der Waals surface area contributed by atoms with E-state index in [1.807, 2.05) is 22.2 Å². The van der Waals surface area contributed by atoms with Crippen molar-refractivity contribution >= 4 is 27.9 Å². The first-order chi connectivity index (χ1) is 5.86. The molecule has 2 heterocycles. The van der Waals surface area contributed by atoms with Crippen molar-refractivity contribution < 1.29 is 0 Å². The second-order valence-electron chi connectivity index (χ2n) is 2.13. The number of rotatable bonds is 1. The molecule has 2 rings (SSSR count). The molecule has 0 radical (unpaired) electrons. The Morgan fingerprint density at radius 1 is 1.75 bits per heavy atom. The van der Waals surface area contributed by atoms with Gasteiger partial charge in [0.15, 0.2) is 0 Å². The van der Waals surface area contributed by atoms with Crippen LogP contribution in [0.3, 0.4) is 0 Å². The van der Waals surface area contributed by atoms with Gasteiger partial charge in [0.1, 0.15) is 15.9 Å². The molecule has 2 aromatic rings. The number of aromatic nitrogens is 2. The van der Waals surface area contributed by atoms with Crippen molar-refractivity contribution in [1.29, 1.82) is 5.26 Å². The predicted octanol–water partition coefficient (Wildman–Crippen LogP) is 1.99. The lowest BCUT2D eigenvalue weighted by Crippen LogP contribution is -1.81. The van der Waals surface area contributed by atoms with Crippen LogP contribution in [0.5, 0.6) is 0 Å². The highest BCUT2D eigenvalue weighted by Crippen LogP contribution is 2.25. The van der Waals surface area contributed by atoms with Gasteiger partial charge in [-0.25, -0.2) is 4.98 Å². The van der Waals surface area contributed by atoms with Crippen LogP contribution in [0.2, 0.25) is 0 Å². The Morgan fingerprint density at radius 2 is 2.58 bits per heavy atom. The number of imidazole rings is 1. The molecule has 0 unspecified atom stereocenters.